The summed E-state index contributed by atoms with van der Waals surface area (Å²) >= 11 is 0. The van der Waals surface area contributed by atoms with Gasteiger partial charge in [-0.1, -0.05) is 26.0 Å². The van der Waals surface area contributed by atoms with Crippen LogP contribution in [-0.4, -0.2) is 21.5 Å². The SMILES string of the molecule is CC(C)(C)c1cnnn1CCCN. The molecule has 0 aromatic carbocycles. The molecule has 0 aliphatic heterocycles. The van der Waals surface area contributed by atoms with E-state index in [2.05, 4.69) is 31.1 Å². The molecular weight excluding hydrogens is 164 g/mol. The van der Waals surface area contributed by atoms with Crippen molar-refractivity contribution in [2.45, 2.75) is 39.2 Å². The van der Waals surface area contributed by atoms with Crippen LogP contribution < -0.4 is 5.73 Å². The Labute approximate surface area is 79.1 Å². The molecule has 74 valence electrons. The summed E-state index contributed by atoms with van der Waals surface area (Å²) in [5.41, 5.74) is 6.72. The van der Waals surface area contributed by atoms with Gasteiger partial charge < -0.3 is 5.73 Å². The Morgan fingerprint density at radius 3 is 2.69 bits per heavy atom. The molecule has 0 bridgehead atoms. The van der Waals surface area contributed by atoms with E-state index in [0.717, 1.165) is 13.0 Å². The van der Waals surface area contributed by atoms with Gasteiger partial charge in [-0.15, -0.1) is 5.10 Å². The zero-order chi connectivity index (χ0) is 9.90. The third-order valence-corrected chi connectivity index (χ3v) is 1.96. The molecule has 4 nitrogen and oxygen atoms in total. The van der Waals surface area contributed by atoms with Gasteiger partial charge in [-0.05, 0) is 13.0 Å². The van der Waals surface area contributed by atoms with Gasteiger partial charge in [0.15, 0.2) is 0 Å². The Kier molecular flexibility index (Phi) is 3.03. The first-order valence-corrected chi connectivity index (χ1v) is 4.64. The van der Waals surface area contributed by atoms with Crippen LogP contribution in [0.2, 0.25) is 0 Å². The highest BCUT2D eigenvalue weighted by Gasteiger charge is 2.18. The van der Waals surface area contributed by atoms with E-state index in [9.17, 15) is 0 Å². The minimum Gasteiger partial charge on any atom is -0.330 e. The van der Waals surface area contributed by atoms with Gasteiger partial charge in [0.25, 0.3) is 0 Å². The quantitative estimate of drug-likeness (QED) is 0.756. The fraction of sp³-hybridized carbons (Fsp3) is 0.778. The summed E-state index contributed by atoms with van der Waals surface area (Å²) in [7, 11) is 0. The zero-order valence-corrected chi connectivity index (χ0v) is 8.62. The third kappa shape index (κ3) is 2.52. The molecule has 1 aromatic heterocycles. The maximum absolute atomic E-state index is 5.44. The van der Waals surface area contributed by atoms with Crippen LogP contribution in [0.25, 0.3) is 0 Å². The summed E-state index contributed by atoms with van der Waals surface area (Å²) in [5.74, 6) is 0. The lowest BCUT2D eigenvalue weighted by Gasteiger charge is -2.18. The van der Waals surface area contributed by atoms with Gasteiger partial charge in [0, 0.05) is 12.0 Å². The molecule has 0 spiro atoms. The van der Waals surface area contributed by atoms with Crippen LogP contribution >= 0.6 is 0 Å². The van der Waals surface area contributed by atoms with E-state index in [-0.39, 0.29) is 5.41 Å². The maximum Gasteiger partial charge on any atom is 0.0730 e. The molecule has 4 heteroatoms. The van der Waals surface area contributed by atoms with Gasteiger partial charge >= 0.3 is 0 Å². The lowest BCUT2D eigenvalue weighted by Crippen LogP contribution is -2.19. The Bertz CT molecular complexity index is 259. The lowest BCUT2D eigenvalue weighted by atomic mass is 9.93. The molecule has 0 amide bonds. The third-order valence-electron chi connectivity index (χ3n) is 1.96. The minimum absolute atomic E-state index is 0.109. The Morgan fingerprint density at radius 1 is 1.46 bits per heavy atom. The van der Waals surface area contributed by atoms with Crippen LogP contribution in [0.5, 0.6) is 0 Å². The highest BCUT2D eigenvalue weighted by Crippen LogP contribution is 2.20. The molecule has 1 heterocycles. The van der Waals surface area contributed by atoms with Gasteiger partial charge in [0.2, 0.25) is 0 Å². The zero-order valence-electron chi connectivity index (χ0n) is 8.62. The summed E-state index contributed by atoms with van der Waals surface area (Å²) in [4.78, 5) is 0. The van der Waals surface area contributed by atoms with Crippen LogP contribution in [0.4, 0.5) is 0 Å². The van der Waals surface area contributed by atoms with Crippen LogP contribution in [-0.2, 0) is 12.0 Å². The molecule has 0 saturated carbocycles. The average molecular weight is 182 g/mol. The number of hydrogen-bond acceptors (Lipinski definition) is 3. The molecule has 0 atom stereocenters. The highest BCUT2D eigenvalue weighted by molar-refractivity contribution is 5.07. The van der Waals surface area contributed by atoms with Crippen LogP contribution in [0, 0.1) is 0 Å². The van der Waals surface area contributed by atoms with Crippen molar-refractivity contribution < 1.29 is 0 Å². The summed E-state index contributed by atoms with van der Waals surface area (Å²) in [6, 6.07) is 0. The Balaban J connectivity index is 2.77. The van der Waals surface area contributed by atoms with Crippen molar-refractivity contribution in [1.82, 2.24) is 15.0 Å². The first-order valence-electron chi connectivity index (χ1n) is 4.64. The molecule has 0 aliphatic rings. The summed E-state index contributed by atoms with van der Waals surface area (Å²) in [6.45, 7) is 8.03. The van der Waals surface area contributed by atoms with Crippen molar-refractivity contribution in [2.24, 2.45) is 5.73 Å². The molecule has 0 radical (unpaired) electrons. The number of rotatable bonds is 3. The Hall–Kier alpha value is -0.900. The van der Waals surface area contributed by atoms with Gasteiger partial charge in [0.1, 0.15) is 0 Å². The summed E-state index contributed by atoms with van der Waals surface area (Å²) in [5, 5.41) is 7.94. The van der Waals surface area contributed by atoms with Crippen LogP contribution in [0.1, 0.15) is 32.9 Å². The number of hydrogen-bond donors (Lipinski definition) is 1. The molecule has 2 N–H and O–H groups in total. The van der Waals surface area contributed by atoms with Crippen molar-refractivity contribution in [1.29, 1.82) is 0 Å². The van der Waals surface area contributed by atoms with Crippen molar-refractivity contribution in [3.63, 3.8) is 0 Å². The maximum atomic E-state index is 5.44. The van der Waals surface area contributed by atoms with E-state index in [0.29, 0.717) is 6.54 Å². The lowest BCUT2D eigenvalue weighted by molar-refractivity contribution is 0.471. The van der Waals surface area contributed by atoms with Crippen molar-refractivity contribution in [3.8, 4) is 0 Å². The van der Waals surface area contributed by atoms with E-state index >= 15 is 0 Å². The Morgan fingerprint density at radius 2 is 2.15 bits per heavy atom. The molecule has 1 aromatic rings. The summed E-state index contributed by atoms with van der Waals surface area (Å²) in [6.07, 6.45) is 2.78. The van der Waals surface area contributed by atoms with Crippen molar-refractivity contribution >= 4 is 0 Å². The normalized spacial score (nSPS) is 12.0. The first-order chi connectivity index (χ1) is 6.05. The van der Waals surface area contributed by atoms with Gasteiger partial charge in [0.05, 0.1) is 11.9 Å². The van der Waals surface area contributed by atoms with Gasteiger partial charge in [-0.2, -0.15) is 0 Å². The molecule has 1 rings (SSSR count). The first kappa shape index (κ1) is 10.2. The predicted molar refractivity (Wildman–Crippen MR) is 52.4 cm³/mol. The average Bonchev–Trinajstić information content (AvgIpc) is 2.47. The fourth-order valence-corrected chi connectivity index (χ4v) is 1.24. The molecule has 0 saturated heterocycles. The van der Waals surface area contributed by atoms with Crippen LogP contribution in [0.3, 0.4) is 0 Å². The molecule has 13 heavy (non-hydrogen) atoms. The molecule has 0 aliphatic carbocycles. The van der Waals surface area contributed by atoms with Gasteiger partial charge in [-0.25, -0.2) is 4.68 Å². The number of aromatic nitrogens is 3. The number of nitrogens with zero attached hydrogens (tertiary/aromatic N) is 3. The highest BCUT2D eigenvalue weighted by atomic mass is 15.4. The summed E-state index contributed by atoms with van der Waals surface area (Å²) < 4.78 is 1.94. The van der Waals surface area contributed by atoms with Crippen LogP contribution in [0.15, 0.2) is 6.20 Å². The largest absolute Gasteiger partial charge is 0.330 e. The second kappa shape index (κ2) is 3.87. The standard InChI is InChI=1S/C9H18N4/c1-9(2,3)8-7-11-12-13(8)6-4-5-10/h7H,4-6,10H2,1-3H3. The monoisotopic (exact) mass is 182 g/mol. The van der Waals surface area contributed by atoms with Gasteiger partial charge in [-0.3, -0.25) is 0 Å². The van der Waals surface area contributed by atoms with E-state index in [4.69, 9.17) is 5.73 Å². The van der Waals surface area contributed by atoms with E-state index < -0.39 is 0 Å². The molecule has 0 fully saturated rings. The van der Waals surface area contributed by atoms with E-state index in [1.165, 1.54) is 5.69 Å². The predicted octanol–water partition coefficient (Wildman–Crippen LogP) is 0.924. The second-order valence-corrected chi connectivity index (χ2v) is 4.23. The second-order valence-electron chi connectivity index (χ2n) is 4.23. The topological polar surface area (TPSA) is 56.7 Å². The fourth-order valence-electron chi connectivity index (χ4n) is 1.24. The van der Waals surface area contributed by atoms with E-state index in [1.54, 1.807) is 0 Å². The number of aryl methyl sites for hydroxylation is 1. The smallest absolute Gasteiger partial charge is 0.0730 e. The minimum atomic E-state index is 0.109. The van der Waals surface area contributed by atoms with Crippen molar-refractivity contribution in [3.05, 3.63) is 11.9 Å². The van der Waals surface area contributed by atoms with E-state index in [1.807, 2.05) is 10.9 Å². The molecule has 0 unspecified atom stereocenters. The number of nitrogens with two attached hydrogens (primary N) is 1. The molecular formula is C9H18N4. The van der Waals surface area contributed by atoms with Crippen molar-refractivity contribution in [2.75, 3.05) is 6.54 Å².